The summed E-state index contributed by atoms with van der Waals surface area (Å²) in [5.41, 5.74) is 2.27. The molecule has 0 N–H and O–H groups in total. The van der Waals surface area contributed by atoms with Crippen molar-refractivity contribution in [2.75, 3.05) is 23.9 Å². The lowest BCUT2D eigenvalue weighted by Crippen LogP contribution is -2.42. The van der Waals surface area contributed by atoms with Gasteiger partial charge in [0.05, 0.1) is 16.9 Å². The predicted octanol–water partition coefficient (Wildman–Crippen LogP) is 5.05. The number of aromatic nitrogens is 1. The van der Waals surface area contributed by atoms with Gasteiger partial charge in [-0.15, -0.1) is 0 Å². The van der Waals surface area contributed by atoms with Crippen molar-refractivity contribution in [1.82, 2.24) is 0 Å². The molecule has 0 saturated heterocycles. The maximum atomic E-state index is 14.1. The van der Waals surface area contributed by atoms with Crippen molar-refractivity contribution >= 4 is 57.9 Å². The molecule has 2 aromatic carbocycles. The summed E-state index contributed by atoms with van der Waals surface area (Å²) in [4.78, 5) is 19.4. The summed E-state index contributed by atoms with van der Waals surface area (Å²) >= 11 is 7.84. The highest BCUT2D eigenvalue weighted by atomic mass is 35.5. The fourth-order valence-electron chi connectivity index (χ4n) is 3.41. The summed E-state index contributed by atoms with van der Waals surface area (Å²) < 4.78 is 1.61. The van der Waals surface area contributed by atoms with Crippen molar-refractivity contribution in [3.8, 4) is 6.07 Å². The first-order valence-electron chi connectivity index (χ1n) is 9.91. The van der Waals surface area contributed by atoms with E-state index in [2.05, 4.69) is 0 Å². The number of nitriles is 1. The highest BCUT2D eigenvalue weighted by Crippen LogP contribution is 2.49. The van der Waals surface area contributed by atoms with E-state index < -0.39 is 5.91 Å². The minimum absolute atomic E-state index is 0.158. The molecular weight excluding hydrogens is 454 g/mol. The number of halogens is 1. The Morgan fingerprint density at radius 3 is 2.48 bits per heavy atom. The number of pyridine rings is 1. The van der Waals surface area contributed by atoms with E-state index in [1.54, 1.807) is 45.8 Å². The van der Waals surface area contributed by atoms with Crippen molar-refractivity contribution in [1.29, 1.82) is 5.26 Å². The highest BCUT2D eigenvalue weighted by molar-refractivity contribution is 7.99. The Balaban J connectivity index is 1.91. The second-order valence-corrected chi connectivity index (χ2v) is 8.87. The smallest absolute Gasteiger partial charge is 0.328 e. The van der Waals surface area contributed by atoms with E-state index in [1.807, 2.05) is 73.4 Å². The Hall–Kier alpha value is -3.82. The topological polar surface area (TPSA) is 73.5 Å². The third-order valence-corrected chi connectivity index (χ3v) is 6.40. The second kappa shape index (κ2) is 9.35. The summed E-state index contributed by atoms with van der Waals surface area (Å²) in [6.45, 7) is 0. The molecule has 33 heavy (non-hydrogen) atoms. The molecule has 0 fully saturated rings. The molecule has 6 nitrogen and oxygen atoms in total. The van der Waals surface area contributed by atoms with Gasteiger partial charge in [0.15, 0.2) is 12.4 Å². The number of benzene rings is 2. The lowest BCUT2D eigenvalue weighted by molar-refractivity contribution is -0.577. The fraction of sp³-hybridized carbons (Fsp3) is 0.0800. The maximum Gasteiger partial charge on any atom is 0.328 e. The van der Waals surface area contributed by atoms with Crippen molar-refractivity contribution < 1.29 is 9.36 Å². The molecule has 0 unspecified atom stereocenters. The first-order valence-corrected chi connectivity index (χ1v) is 11.1. The summed E-state index contributed by atoms with van der Waals surface area (Å²) in [7, 11) is 3.84. The molecule has 1 aromatic heterocycles. The Labute approximate surface area is 201 Å². The molecule has 0 spiro atoms. The number of para-hydroxylation sites is 1. The summed E-state index contributed by atoms with van der Waals surface area (Å²) in [6.07, 6.45) is 4.77. The van der Waals surface area contributed by atoms with E-state index in [1.165, 1.54) is 6.08 Å². The molecule has 0 saturated carbocycles. The van der Waals surface area contributed by atoms with Crippen molar-refractivity contribution in [2.45, 2.75) is 9.79 Å². The van der Waals surface area contributed by atoms with Crippen LogP contribution in [0.2, 0.25) is 5.02 Å². The number of anilines is 3. The van der Waals surface area contributed by atoms with Crippen LogP contribution in [-0.4, -0.2) is 25.9 Å². The average molecular weight is 472 g/mol. The molecule has 8 heteroatoms. The Kier molecular flexibility index (Phi) is 6.34. The van der Waals surface area contributed by atoms with Crippen LogP contribution in [0.25, 0.3) is 11.1 Å². The standard InChI is InChI=1S/C25H18ClN5OS/c1-29(2)19-9-11-30(12-10-19)22(13-17(15-27)16-28)25(32)31-20-5-3-4-6-23(20)33-24-8-7-18(26)14-21(24)31/h3-14H,1-2H3/b22-13-. The number of carbonyl (C=O) groups is 1. The molecule has 2 heterocycles. The monoisotopic (exact) mass is 471 g/mol. The molecule has 162 valence electrons. The summed E-state index contributed by atoms with van der Waals surface area (Å²) in [6, 6.07) is 18.5. The molecule has 0 atom stereocenters. The maximum absolute atomic E-state index is 14.1. The Bertz CT molecular complexity index is 1370. The van der Waals surface area contributed by atoms with E-state index >= 15 is 0 Å². The molecule has 4 rings (SSSR count). The minimum atomic E-state index is -0.392. The third kappa shape index (κ3) is 4.41. The number of allylic oxidation sites excluding steroid dienone is 2. The SMILES string of the molecule is CN(C)c1cc[n+](/C(=C\C(=C=[N-])C#N)C(=O)N2c3ccccc3Sc3ccc(Cl)cc32)cc1. The van der Waals surface area contributed by atoms with Crippen LogP contribution in [0.4, 0.5) is 17.1 Å². The normalized spacial score (nSPS) is 12.2. The number of rotatable bonds is 4. The van der Waals surface area contributed by atoms with Gasteiger partial charge in [-0.25, -0.2) is 0 Å². The Morgan fingerprint density at radius 2 is 1.82 bits per heavy atom. The van der Waals surface area contributed by atoms with E-state index in [0.717, 1.165) is 15.5 Å². The van der Waals surface area contributed by atoms with Gasteiger partial charge in [-0.05, 0) is 30.3 Å². The zero-order valence-electron chi connectivity index (χ0n) is 17.9. The molecule has 3 aromatic rings. The van der Waals surface area contributed by atoms with Crippen LogP contribution in [0, 0.1) is 11.3 Å². The minimum Gasteiger partial charge on any atom is -0.762 e. The zero-order chi connectivity index (χ0) is 23.5. The Morgan fingerprint density at radius 1 is 1.12 bits per heavy atom. The van der Waals surface area contributed by atoms with E-state index in [9.17, 15) is 15.5 Å². The van der Waals surface area contributed by atoms with Gasteiger partial charge in [-0.1, -0.05) is 35.5 Å². The van der Waals surface area contributed by atoms with Gasteiger partial charge in [0.25, 0.3) is 5.70 Å². The number of hydrogen-bond donors (Lipinski definition) is 0. The second-order valence-electron chi connectivity index (χ2n) is 7.35. The molecule has 1 amide bonds. The molecule has 0 radical (unpaired) electrons. The van der Waals surface area contributed by atoms with Crippen LogP contribution in [-0.2, 0) is 4.79 Å². The quantitative estimate of drug-likeness (QED) is 0.175. The van der Waals surface area contributed by atoms with Crippen LogP contribution in [0.5, 0.6) is 0 Å². The van der Waals surface area contributed by atoms with E-state index in [0.29, 0.717) is 16.4 Å². The first-order chi connectivity index (χ1) is 15.9. The molecule has 0 aliphatic carbocycles. The first kappa shape index (κ1) is 22.4. The van der Waals surface area contributed by atoms with E-state index in [4.69, 9.17) is 11.6 Å². The number of fused-ring (bicyclic) bond motifs is 2. The van der Waals surface area contributed by atoms with Crippen molar-refractivity contribution in [2.24, 2.45) is 0 Å². The summed E-state index contributed by atoms with van der Waals surface area (Å²) in [5.74, 6) is 1.46. The van der Waals surface area contributed by atoms with Crippen molar-refractivity contribution in [3.63, 3.8) is 0 Å². The molecule has 1 aliphatic heterocycles. The van der Waals surface area contributed by atoms with Crippen LogP contribution < -0.4 is 14.4 Å². The van der Waals surface area contributed by atoms with E-state index in [-0.39, 0.29) is 11.3 Å². The number of amides is 1. The van der Waals surface area contributed by atoms with Crippen molar-refractivity contribution in [3.05, 3.63) is 89.1 Å². The summed E-state index contributed by atoms with van der Waals surface area (Å²) in [5, 5.41) is 19.2. The van der Waals surface area contributed by atoms with Gasteiger partial charge < -0.3 is 10.3 Å². The zero-order valence-corrected chi connectivity index (χ0v) is 19.4. The van der Waals surface area contributed by atoms with Crippen LogP contribution >= 0.6 is 23.4 Å². The molecule has 1 aliphatic rings. The van der Waals surface area contributed by atoms with Crippen LogP contribution in [0.3, 0.4) is 0 Å². The number of carbonyl (C=O) groups excluding carboxylic acids is 1. The average Bonchev–Trinajstić information content (AvgIpc) is 2.83. The number of nitrogens with zero attached hydrogens (tertiary/aromatic N) is 5. The predicted molar refractivity (Wildman–Crippen MR) is 132 cm³/mol. The van der Waals surface area contributed by atoms with Gasteiger partial charge in [-0.2, -0.15) is 9.83 Å². The number of hydrogen-bond acceptors (Lipinski definition) is 4. The lowest BCUT2D eigenvalue weighted by atomic mass is 10.1. The highest BCUT2D eigenvalue weighted by Gasteiger charge is 2.34. The van der Waals surface area contributed by atoms with Crippen LogP contribution in [0.15, 0.2) is 88.4 Å². The van der Waals surface area contributed by atoms with Crippen LogP contribution in [0.1, 0.15) is 0 Å². The van der Waals surface area contributed by atoms with Gasteiger partial charge >= 0.3 is 5.91 Å². The molecule has 0 bridgehead atoms. The van der Waals surface area contributed by atoms with Gasteiger partial charge in [0.2, 0.25) is 0 Å². The largest absolute Gasteiger partial charge is 0.762 e. The molecular formula is C25H18ClN5OS. The van der Waals surface area contributed by atoms with Gasteiger partial charge in [0.1, 0.15) is 6.07 Å². The van der Waals surface area contributed by atoms with Gasteiger partial charge in [-0.3, -0.25) is 15.6 Å². The third-order valence-electron chi connectivity index (χ3n) is 5.04. The van der Waals surface area contributed by atoms with Gasteiger partial charge in [0, 0.05) is 52.8 Å². The fourth-order valence-corrected chi connectivity index (χ4v) is 4.62. The lowest BCUT2D eigenvalue weighted by Gasteiger charge is -2.30.